The highest BCUT2D eigenvalue weighted by atomic mass is 16.5. The molecule has 0 bridgehead atoms. The van der Waals surface area contributed by atoms with Gasteiger partial charge in [0.15, 0.2) is 0 Å². The fraction of sp³-hybridized carbons (Fsp3) is 0.786. The molecule has 0 radical (unpaired) electrons. The molecule has 0 fully saturated rings. The minimum absolute atomic E-state index is 0.0105. The summed E-state index contributed by atoms with van der Waals surface area (Å²) in [4.78, 5) is 36.2. The van der Waals surface area contributed by atoms with E-state index in [-0.39, 0.29) is 19.1 Å². The van der Waals surface area contributed by atoms with Gasteiger partial charge in [0.1, 0.15) is 0 Å². The maximum atomic E-state index is 11.8. The van der Waals surface area contributed by atoms with Crippen LogP contribution in [0, 0.1) is 5.92 Å². The van der Waals surface area contributed by atoms with E-state index in [9.17, 15) is 14.4 Å². The summed E-state index contributed by atoms with van der Waals surface area (Å²) in [7, 11) is 1.29. The van der Waals surface area contributed by atoms with Crippen molar-refractivity contribution in [3.63, 3.8) is 0 Å². The van der Waals surface area contributed by atoms with E-state index in [1.165, 1.54) is 7.11 Å². The average Bonchev–Trinajstić information content (AvgIpc) is 2.36. The molecule has 0 aromatic carbocycles. The number of ether oxygens (including phenoxy) is 1. The van der Waals surface area contributed by atoms with Crippen LogP contribution >= 0.6 is 0 Å². The maximum absolute atomic E-state index is 11.8. The molecule has 122 valence electrons. The van der Waals surface area contributed by atoms with E-state index in [1.54, 1.807) is 4.90 Å². The average molecular weight is 301 g/mol. The van der Waals surface area contributed by atoms with Gasteiger partial charge in [-0.05, 0) is 26.2 Å². The Morgan fingerprint density at radius 2 is 1.71 bits per heavy atom. The Morgan fingerprint density at radius 1 is 1.10 bits per heavy atom. The van der Waals surface area contributed by atoms with Gasteiger partial charge in [0.2, 0.25) is 5.91 Å². The molecule has 0 aromatic heterocycles. The molecule has 0 aliphatic carbocycles. The first-order valence-electron chi connectivity index (χ1n) is 7.14. The Labute approximate surface area is 126 Å². The van der Waals surface area contributed by atoms with Gasteiger partial charge < -0.3 is 10.1 Å². The fourth-order valence-electron chi connectivity index (χ4n) is 1.52. The van der Waals surface area contributed by atoms with Crippen molar-refractivity contribution in [1.82, 2.24) is 15.5 Å². The topological polar surface area (TPSA) is 87.7 Å². The molecule has 0 aliphatic rings. The highest BCUT2D eigenvalue weighted by molar-refractivity contribution is 5.95. The van der Waals surface area contributed by atoms with Gasteiger partial charge in [0.25, 0.3) is 0 Å². The van der Waals surface area contributed by atoms with Crippen LogP contribution in [-0.4, -0.2) is 55.6 Å². The number of urea groups is 1. The van der Waals surface area contributed by atoms with Crippen LogP contribution in [0.5, 0.6) is 0 Å². The second-order valence-corrected chi connectivity index (χ2v) is 5.56. The van der Waals surface area contributed by atoms with Crippen molar-refractivity contribution in [2.75, 3.05) is 26.7 Å². The molecule has 0 rings (SSSR count). The Balaban J connectivity index is 4.19. The van der Waals surface area contributed by atoms with Gasteiger partial charge in [-0.2, -0.15) is 0 Å². The van der Waals surface area contributed by atoms with Gasteiger partial charge >= 0.3 is 12.0 Å². The maximum Gasteiger partial charge on any atom is 0.321 e. The summed E-state index contributed by atoms with van der Waals surface area (Å²) < 4.78 is 4.58. The number of rotatable bonds is 8. The lowest BCUT2D eigenvalue weighted by Crippen LogP contribution is -2.47. The minimum atomic E-state index is -0.512. The van der Waals surface area contributed by atoms with Crippen LogP contribution in [0.4, 0.5) is 4.79 Å². The van der Waals surface area contributed by atoms with Crippen molar-refractivity contribution in [3.05, 3.63) is 0 Å². The Hall–Kier alpha value is -1.63. The number of hydrogen-bond donors (Lipinski definition) is 2. The summed E-state index contributed by atoms with van der Waals surface area (Å²) in [5.41, 5.74) is 0. The Morgan fingerprint density at radius 3 is 2.19 bits per heavy atom. The smallest absolute Gasteiger partial charge is 0.321 e. The van der Waals surface area contributed by atoms with Gasteiger partial charge in [0.05, 0.1) is 20.2 Å². The zero-order chi connectivity index (χ0) is 16.4. The number of imide groups is 1. The number of nitrogens with zero attached hydrogens (tertiary/aromatic N) is 1. The van der Waals surface area contributed by atoms with Crippen LogP contribution in [0.1, 0.15) is 34.1 Å². The lowest BCUT2D eigenvalue weighted by molar-refractivity contribution is -0.142. The number of carbonyl (C=O) groups excluding carboxylic acids is 3. The van der Waals surface area contributed by atoms with Crippen molar-refractivity contribution in [1.29, 1.82) is 0 Å². The summed E-state index contributed by atoms with van der Waals surface area (Å²) in [6.07, 6.45) is 0.849. The largest absolute Gasteiger partial charge is 0.468 e. The van der Waals surface area contributed by atoms with Crippen molar-refractivity contribution < 1.29 is 19.1 Å². The predicted octanol–water partition coefficient (Wildman–Crippen LogP) is 0.742. The van der Waals surface area contributed by atoms with Gasteiger partial charge in [-0.15, -0.1) is 0 Å². The molecule has 2 N–H and O–H groups in total. The fourth-order valence-corrected chi connectivity index (χ4v) is 1.52. The van der Waals surface area contributed by atoms with Gasteiger partial charge in [-0.25, -0.2) is 4.79 Å². The first-order valence-corrected chi connectivity index (χ1v) is 7.14. The second-order valence-electron chi connectivity index (χ2n) is 5.56. The van der Waals surface area contributed by atoms with Crippen LogP contribution in [-0.2, 0) is 14.3 Å². The van der Waals surface area contributed by atoms with E-state index in [4.69, 9.17) is 0 Å². The van der Waals surface area contributed by atoms with E-state index >= 15 is 0 Å². The summed E-state index contributed by atoms with van der Waals surface area (Å²) in [5, 5.41) is 4.87. The molecule has 0 spiro atoms. The summed E-state index contributed by atoms with van der Waals surface area (Å²) in [6.45, 7) is 8.32. The molecule has 3 amide bonds. The third-order valence-electron chi connectivity index (χ3n) is 2.90. The number of carbonyl (C=O) groups is 3. The van der Waals surface area contributed by atoms with Crippen molar-refractivity contribution >= 4 is 17.9 Å². The van der Waals surface area contributed by atoms with Crippen LogP contribution in [0.3, 0.4) is 0 Å². The quantitative estimate of drug-likeness (QED) is 0.646. The number of amides is 3. The number of methoxy groups -OCH3 is 1. The highest BCUT2D eigenvalue weighted by Gasteiger charge is 2.18. The Bertz CT molecular complexity index is 356. The number of nitrogens with one attached hydrogen (secondary N) is 2. The van der Waals surface area contributed by atoms with Gasteiger partial charge in [0, 0.05) is 12.6 Å². The summed E-state index contributed by atoms with van der Waals surface area (Å²) in [5.74, 6) is -0.384. The first-order chi connectivity index (χ1) is 9.76. The lowest BCUT2D eigenvalue weighted by Gasteiger charge is -2.24. The van der Waals surface area contributed by atoms with Gasteiger partial charge in [-0.1, -0.05) is 13.8 Å². The van der Waals surface area contributed by atoms with Crippen molar-refractivity contribution in [2.45, 2.75) is 40.2 Å². The molecule has 21 heavy (non-hydrogen) atoms. The lowest BCUT2D eigenvalue weighted by atomic mass is 10.1. The van der Waals surface area contributed by atoms with E-state index in [2.05, 4.69) is 29.2 Å². The molecule has 7 heteroatoms. The molecule has 0 atom stereocenters. The number of hydrogen-bond acceptors (Lipinski definition) is 5. The van der Waals surface area contributed by atoms with E-state index in [0.717, 1.165) is 6.42 Å². The standard InChI is InChI=1S/C14H27N3O4/c1-10(2)6-7-15-14(20)16-12(18)8-17(11(3)4)9-13(19)21-5/h10-11H,6-9H2,1-5H3,(H2,15,16,18,20). The van der Waals surface area contributed by atoms with E-state index in [1.807, 2.05) is 13.8 Å². The summed E-state index contributed by atoms with van der Waals surface area (Å²) >= 11 is 0. The number of esters is 1. The molecule has 0 unspecified atom stereocenters. The molecule has 0 heterocycles. The van der Waals surface area contributed by atoms with Crippen molar-refractivity contribution in [3.8, 4) is 0 Å². The SMILES string of the molecule is COC(=O)CN(CC(=O)NC(=O)NCCC(C)C)C(C)C. The normalized spacial score (nSPS) is 10.9. The molecule has 0 aromatic rings. The third kappa shape index (κ3) is 9.84. The van der Waals surface area contributed by atoms with Crippen LogP contribution in [0.2, 0.25) is 0 Å². The monoisotopic (exact) mass is 301 g/mol. The molecule has 7 nitrogen and oxygen atoms in total. The molecular formula is C14H27N3O4. The Kier molecular flexibility index (Phi) is 9.36. The zero-order valence-corrected chi connectivity index (χ0v) is 13.6. The van der Waals surface area contributed by atoms with Gasteiger partial charge in [-0.3, -0.25) is 19.8 Å². The molecule has 0 saturated heterocycles. The summed E-state index contributed by atoms with van der Waals surface area (Å²) in [6, 6.07) is -0.527. The highest BCUT2D eigenvalue weighted by Crippen LogP contribution is 1.98. The second kappa shape index (κ2) is 10.1. The molecular weight excluding hydrogens is 274 g/mol. The first kappa shape index (κ1) is 19.4. The van der Waals surface area contributed by atoms with Crippen LogP contribution in [0.15, 0.2) is 0 Å². The van der Waals surface area contributed by atoms with E-state index in [0.29, 0.717) is 12.5 Å². The van der Waals surface area contributed by atoms with Crippen LogP contribution in [0.25, 0.3) is 0 Å². The van der Waals surface area contributed by atoms with Crippen molar-refractivity contribution in [2.24, 2.45) is 5.92 Å². The van der Waals surface area contributed by atoms with E-state index < -0.39 is 17.9 Å². The minimum Gasteiger partial charge on any atom is -0.468 e. The van der Waals surface area contributed by atoms with Crippen LogP contribution < -0.4 is 10.6 Å². The predicted molar refractivity (Wildman–Crippen MR) is 79.7 cm³/mol. The zero-order valence-electron chi connectivity index (χ0n) is 13.6. The molecule has 0 saturated carbocycles. The third-order valence-corrected chi connectivity index (χ3v) is 2.90. The molecule has 0 aliphatic heterocycles.